The summed E-state index contributed by atoms with van der Waals surface area (Å²) in [6.45, 7) is -2.37. The number of ketones is 1. The predicted molar refractivity (Wildman–Crippen MR) is 61.9 cm³/mol. The fourth-order valence-corrected chi connectivity index (χ4v) is 1.45. The van der Waals surface area contributed by atoms with Gasteiger partial charge in [0.1, 0.15) is 19.0 Å². The molecule has 0 amide bonds. The van der Waals surface area contributed by atoms with Gasteiger partial charge in [-0.3, -0.25) is 4.79 Å². The van der Waals surface area contributed by atoms with E-state index in [1.54, 1.807) is 0 Å². The van der Waals surface area contributed by atoms with Crippen LogP contribution in [-0.4, -0.2) is 31.3 Å². The number of alkyl halides is 4. The molecule has 1 rings (SSSR count). The van der Waals surface area contributed by atoms with Crippen LogP contribution in [0.2, 0.25) is 5.02 Å². The van der Waals surface area contributed by atoms with Gasteiger partial charge in [-0.25, -0.2) is 13.2 Å². The van der Waals surface area contributed by atoms with E-state index in [9.17, 15) is 26.7 Å². The number of halogens is 6. The Kier molecular flexibility index (Phi) is 5.88. The van der Waals surface area contributed by atoms with E-state index in [0.717, 1.165) is 6.07 Å². The minimum atomic E-state index is -4.31. The first-order chi connectivity index (χ1) is 9.22. The van der Waals surface area contributed by atoms with Gasteiger partial charge in [0.2, 0.25) is 0 Å². The molecular weight excluding hydrogens is 307 g/mol. The lowest BCUT2D eigenvalue weighted by molar-refractivity contribution is -0.168. The third kappa shape index (κ3) is 5.05. The maximum absolute atomic E-state index is 13.3. The van der Waals surface area contributed by atoms with Crippen molar-refractivity contribution in [1.82, 2.24) is 0 Å². The zero-order valence-electron chi connectivity index (χ0n) is 10.0. The topological polar surface area (TPSA) is 26.3 Å². The second kappa shape index (κ2) is 6.99. The maximum atomic E-state index is 13.3. The standard InChI is InChI=1S/C12H10ClF5O2/c13-8-2-1-7(10(14)4-8)3-9(19)5-20-6-12(17,18)11(15)16/h1-2,4,11H,3,5-6H2. The Hall–Kier alpha value is -1.21. The van der Waals surface area contributed by atoms with E-state index in [1.807, 2.05) is 0 Å². The van der Waals surface area contributed by atoms with Crippen LogP contribution in [0.3, 0.4) is 0 Å². The Balaban J connectivity index is 2.45. The first-order valence-electron chi connectivity index (χ1n) is 5.41. The molecule has 0 radical (unpaired) electrons. The summed E-state index contributed by atoms with van der Waals surface area (Å²) in [5, 5.41) is 0.145. The molecule has 0 atom stereocenters. The summed E-state index contributed by atoms with van der Waals surface area (Å²) >= 11 is 5.51. The van der Waals surface area contributed by atoms with Crippen molar-refractivity contribution in [3.8, 4) is 0 Å². The largest absolute Gasteiger partial charge is 0.367 e. The molecule has 0 aliphatic heterocycles. The molecule has 0 N–H and O–H groups in total. The molecule has 0 bridgehead atoms. The van der Waals surface area contributed by atoms with Crippen LogP contribution in [0.5, 0.6) is 0 Å². The maximum Gasteiger partial charge on any atom is 0.330 e. The molecule has 0 aromatic heterocycles. The first-order valence-corrected chi connectivity index (χ1v) is 5.79. The van der Waals surface area contributed by atoms with Crippen molar-refractivity contribution in [2.75, 3.05) is 13.2 Å². The molecule has 0 saturated heterocycles. The molecule has 0 fully saturated rings. The van der Waals surface area contributed by atoms with Gasteiger partial charge in [-0.15, -0.1) is 0 Å². The van der Waals surface area contributed by atoms with Gasteiger partial charge >= 0.3 is 12.3 Å². The van der Waals surface area contributed by atoms with E-state index < -0.39 is 43.6 Å². The second-order valence-corrected chi connectivity index (χ2v) is 4.44. The quantitative estimate of drug-likeness (QED) is 0.720. The zero-order valence-corrected chi connectivity index (χ0v) is 10.8. The molecule has 0 spiro atoms. The van der Waals surface area contributed by atoms with E-state index in [2.05, 4.69) is 4.74 Å². The Morgan fingerprint density at radius 2 is 2.00 bits per heavy atom. The molecule has 0 aliphatic carbocycles. The summed E-state index contributed by atoms with van der Waals surface area (Å²) in [6.07, 6.45) is -4.27. The van der Waals surface area contributed by atoms with Crippen molar-refractivity contribution >= 4 is 17.4 Å². The summed E-state index contributed by atoms with van der Waals surface area (Å²) in [5.74, 6) is -5.74. The van der Waals surface area contributed by atoms with Gasteiger partial charge in [0.05, 0.1) is 0 Å². The summed E-state index contributed by atoms with van der Waals surface area (Å²) in [4.78, 5) is 11.3. The molecule has 1 aromatic rings. The van der Waals surface area contributed by atoms with E-state index >= 15 is 0 Å². The minimum Gasteiger partial charge on any atom is -0.367 e. The van der Waals surface area contributed by atoms with Crippen LogP contribution in [-0.2, 0) is 16.0 Å². The Morgan fingerprint density at radius 1 is 1.35 bits per heavy atom. The summed E-state index contributed by atoms with van der Waals surface area (Å²) in [6, 6.07) is 3.62. The van der Waals surface area contributed by atoms with Crippen molar-refractivity contribution in [3.05, 3.63) is 34.6 Å². The Labute approximate surface area is 116 Å². The average Bonchev–Trinajstić information content (AvgIpc) is 2.32. The van der Waals surface area contributed by atoms with Crippen LogP contribution in [0.4, 0.5) is 22.0 Å². The monoisotopic (exact) mass is 316 g/mol. The highest BCUT2D eigenvalue weighted by Crippen LogP contribution is 2.22. The molecule has 1 aromatic carbocycles. The molecule has 112 valence electrons. The molecule has 0 unspecified atom stereocenters. The van der Waals surface area contributed by atoms with E-state index in [-0.39, 0.29) is 10.6 Å². The third-order valence-electron chi connectivity index (χ3n) is 2.28. The fraction of sp³-hybridized carbons (Fsp3) is 0.417. The van der Waals surface area contributed by atoms with Crippen LogP contribution < -0.4 is 0 Å². The van der Waals surface area contributed by atoms with Gasteiger partial charge < -0.3 is 4.74 Å². The Bertz CT molecular complexity index is 479. The van der Waals surface area contributed by atoms with Crippen LogP contribution in [0.15, 0.2) is 18.2 Å². The van der Waals surface area contributed by atoms with Crippen LogP contribution in [0, 0.1) is 5.82 Å². The van der Waals surface area contributed by atoms with Crippen LogP contribution in [0.1, 0.15) is 5.56 Å². The minimum absolute atomic E-state index is 0.0172. The van der Waals surface area contributed by atoms with Crippen molar-refractivity contribution in [2.45, 2.75) is 18.8 Å². The van der Waals surface area contributed by atoms with Gasteiger partial charge in [-0.1, -0.05) is 17.7 Å². The molecule has 0 saturated carbocycles. The summed E-state index contributed by atoms with van der Waals surface area (Å²) < 4.78 is 66.1. The van der Waals surface area contributed by atoms with E-state index in [1.165, 1.54) is 12.1 Å². The Morgan fingerprint density at radius 3 is 2.55 bits per heavy atom. The summed E-state index contributed by atoms with van der Waals surface area (Å²) in [7, 11) is 0. The molecular formula is C12H10ClF5O2. The van der Waals surface area contributed by atoms with E-state index in [4.69, 9.17) is 11.6 Å². The van der Waals surface area contributed by atoms with Gasteiger partial charge in [0.25, 0.3) is 0 Å². The van der Waals surface area contributed by atoms with Crippen molar-refractivity contribution < 1.29 is 31.5 Å². The molecule has 0 heterocycles. The lowest BCUT2D eigenvalue weighted by Crippen LogP contribution is -2.33. The van der Waals surface area contributed by atoms with Crippen LogP contribution in [0.25, 0.3) is 0 Å². The smallest absolute Gasteiger partial charge is 0.330 e. The number of ether oxygens (including phenoxy) is 1. The number of carbonyl (C=O) groups excluding carboxylic acids is 1. The SMILES string of the molecule is O=C(COCC(F)(F)C(F)F)Cc1ccc(Cl)cc1F. The van der Waals surface area contributed by atoms with Crippen molar-refractivity contribution in [1.29, 1.82) is 0 Å². The average molecular weight is 317 g/mol. The second-order valence-electron chi connectivity index (χ2n) is 4.01. The number of hydrogen-bond acceptors (Lipinski definition) is 2. The normalized spacial score (nSPS) is 11.9. The number of benzene rings is 1. The van der Waals surface area contributed by atoms with Gasteiger partial charge in [0.15, 0.2) is 5.78 Å². The van der Waals surface area contributed by atoms with Gasteiger partial charge in [-0.05, 0) is 17.7 Å². The van der Waals surface area contributed by atoms with Crippen molar-refractivity contribution in [3.63, 3.8) is 0 Å². The van der Waals surface area contributed by atoms with E-state index in [0.29, 0.717) is 0 Å². The summed E-state index contributed by atoms with van der Waals surface area (Å²) in [5.41, 5.74) is 0.0172. The highest BCUT2D eigenvalue weighted by Gasteiger charge is 2.41. The lowest BCUT2D eigenvalue weighted by atomic mass is 10.1. The number of hydrogen-bond donors (Lipinski definition) is 0. The first kappa shape index (κ1) is 16.8. The zero-order chi connectivity index (χ0) is 15.3. The predicted octanol–water partition coefficient (Wildman–Crippen LogP) is 3.51. The number of carbonyl (C=O) groups is 1. The fourth-order valence-electron chi connectivity index (χ4n) is 1.29. The number of Topliss-reactive ketones (excluding diaryl/α,β-unsaturated/α-hetero) is 1. The van der Waals surface area contributed by atoms with Crippen LogP contribution >= 0.6 is 11.6 Å². The third-order valence-corrected chi connectivity index (χ3v) is 2.51. The lowest BCUT2D eigenvalue weighted by Gasteiger charge is -2.14. The number of rotatable bonds is 7. The molecule has 2 nitrogen and oxygen atoms in total. The highest BCUT2D eigenvalue weighted by molar-refractivity contribution is 6.30. The van der Waals surface area contributed by atoms with Gasteiger partial charge in [-0.2, -0.15) is 8.78 Å². The molecule has 0 aliphatic rings. The molecule has 8 heteroatoms. The van der Waals surface area contributed by atoms with Crippen molar-refractivity contribution in [2.24, 2.45) is 0 Å². The molecule has 20 heavy (non-hydrogen) atoms. The van der Waals surface area contributed by atoms with Gasteiger partial charge in [0, 0.05) is 11.4 Å². The highest BCUT2D eigenvalue weighted by atomic mass is 35.5.